The van der Waals surface area contributed by atoms with Crippen molar-refractivity contribution in [3.8, 4) is 44.8 Å². The molecule has 0 saturated carbocycles. The summed E-state index contributed by atoms with van der Waals surface area (Å²) in [6.45, 7) is 0. The summed E-state index contributed by atoms with van der Waals surface area (Å²) in [7, 11) is 0. The van der Waals surface area contributed by atoms with Gasteiger partial charge in [0.2, 0.25) is 0 Å². The van der Waals surface area contributed by atoms with Crippen LogP contribution in [0.1, 0.15) is 0 Å². The smallest absolute Gasteiger partial charge is 0.0972 e. The molecular formula is C50H30N2. The molecule has 0 aliphatic rings. The van der Waals surface area contributed by atoms with Gasteiger partial charge >= 0.3 is 0 Å². The standard InChI is InChI=1S/C50H30N2/c1-2-7-32(8-3-1)45-29-23-37-19-20-38-24-30-46(52-50(38)49(37)51-45)33-15-13-31(14-16-33)39-27-28-42(41-12-5-4-11-40(39)41)43-25-21-36-18-17-34-9-6-10-35-22-26-44(43)48(36)47(34)35/h1-30H. The fourth-order valence-electron chi connectivity index (χ4n) is 8.27. The molecule has 0 aliphatic carbocycles. The van der Waals surface area contributed by atoms with E-state index in [0.717, 1.165) is 44.3 Å². The van der Waals surface area contributed by atoms with Gasteiger partial charge in [-0.1, -0.05) is 170 Å². The summed E-state index contributed by atoms with van der Waals surface area (Å²) in [6.07, 6.45) is 0. The first-order valence-electron chi connectivity index (χ1n) is 17.8. The Hall–Kier alpha value is -6.90. The van der Waals surface area contributed by atoms with Crippen LogP contribution in [0, 0.1) is 0 Å². The van der Waals surface area contributed by atoms with Gasteiger partial charge in [0.05, 0.1) is 22.4 Å². The molecule has 0 radical (unpaired) electrons. The second kappa shape index (κ2) is 11.3. The molecule has 0 bridgehead atoms. The molecule has 0 spiro atoms. The summed E-state index contributed by atoms with van der Waals surface area (Å²) < 4.78 is 0. The Bertz CT molecular complexity index is 3150. The fraction of sp³-hybridized carbons (Fsp3) is 0. The zero-order chi connectivity index (χ0) is 34.2. The van der Waals surface area contributed by atoms with Gasteiger partial charge in [0, 0.05) is 21.9 Å². The molecule has 2 aromatic heterocycles. The molecule has 0 amide bonds. The molecule has 2 heterocycles. The highest BCUT2D eigenvalue weighted by atomic mass is 14.8. The van der Waals surface area contributed by atoms with Gasteiger partial charge in [-0.15, -0.1) is 0 Å². The summed E-state index contributed by atoms with van der Waals surface area (Å²) in [5.74, 6) is 0. The van der Waals surface area contributed by atoms with E-state index in [1.165, 1.54) is 65.3 Å². The van der Waals surface area contributed by atoms with Gasteiger partial charge in [0.1, 0.15) is 0 Å². The average Bonchev–Trinajstić information content (AvgIpc) is 3.22. The highest BCUT2D eigenvalue weighted by Gasteiger charge is 2.16. The summed E-state index contributed by atoms with van der Waals surface area (Å²) in [6, 6.07) is 65.7. The Morgan fingerprint density at radius 1 is 0.250 bits per heavy atom. The Balaban J connectivity index is 1.00. The number of rotatable bonds is 4. The maximum Gasteiger partial charge on any atom is 0.0972 e. The predicted octanol–water partition coefficient (Wildman–Crippen LogP) is 13.5. The zero-order valence-corrected chi connectivity index (χ0v) is 28.2. The zero-order valence-electron chi connectivity index (χ0n) is 28.2. The van der Waals surface area contributed by atoms with E-state index in [9.17, 15) is 0 Å². The van der Waals surface area contributed by atoms with Gasteiger partial charge in [0.15, 0.2) is 0 Å². The molecule has 11 aromatic rings. The van der Waals surface area contributed by atoms with E-state index in [0.29, 0.717) is 0 Å². The largest absolute Gasteiger partial charge is 0.245 e. The first-order valence-corrected chi connectivity index (χ1v) is 17.8. The van der Waals surface area contributed by atoms with Crippen molar-refractivity contribution in [1.82, 2.24) is 9.97 Å². The van der Waals surface area contributed by atoms with E-state index in [2.05, 4.69) is 176 Å². The van der Waals surface area contributed by atoms with Crippen LogP contribution in [-0.4, -0.2) is 9.97 Å². The minimum atomic E-state index is 0.922. The highest BCUT2D eigenvalue weighted by Crippen LogP contribution is 2.43. The van der Waals surface area contributed by atoms with Crippen molar-refractivity contribution >= 4 is 64.9 Å². The Labute approximate surface area is 300 Å². The van der Waals surface area contributed by atoms with Crippen molar-refractivity contribution in [1.29, 1.82) is 0 Å². The van der Waals surface area contributed by atoms with Crippen LogP contribution in [0.25, 0.3) is 110 Å². The van der Waals surface area contributed by atoms with Crippen molar-refractivity contribution in [2.24, 2.45) is 0 Å². The summed E-state index contributed by atoms with van der Waals surface area (Å²) in [5.41, 5.74) is 10.8. The Kier molecular flexibility index (Phi) is 6.28. The lowest BCUT2D eigenvalue weighted by atomic mass is 9.87. The average molecular weight is 659 g/mol. The highest BCUT2D eigenvalue weighted by molar-refractivity contribution is 6.26. The quantitative estimate of drug-likeness (QED) is 0.176. The molecule has 2 heteroatoms. The lowest BCUT2D eigenvalue weighted by Crippen LogP contribution is -1.91. The molecular weight excluding hydrogens is 629 g/mol. The number of fused-ring (bicyclic) bond motifs is 4. The fourth-order valence-corrected chi connectivity index (χ4v) is 8.27. The molecule has 2 nitrogen and oxygen atoms in total. The van der Waals surface area contributed by atoms with Crippen molar-refractivity contribution in [3.05, 3.63) is 182 Å². The molecule has 0 atom stereocenters. The molecule has 240 valence electrons. The second-order valence-corrected chi connectivity index (χ2v) is 13.7. The molecule has 0 saturated heterocycles. The first kappa shape index (κ1) is 28.9. The van der Waals surface area contributed by atoms with Crippen LogP contribution in [0.4, 0.5) is 0 Å². The van der Waals surface area contributed by atoms with E-state index in [1.54, 1.807) is 0 Å². The lowest BCUT2D eigenvalue weighted by Gasteiger charge is -2.17. The number of benzene rings is 9. The molecule has 0 N–H and O–H groups in total. The van der Waals surface area contributed by atoms with Gasteiger partial charge in [-0.25, -0.2) is 9.97 Å². The summed E-state index contributed by atoms with van der Waals surface area (Å²) >= 11 is 0. The van der Waals surface area contributed by atoms with Crippen LogP contribution in [0.3, 0.4) is 0 Å². The van der Waals surface area contributed by atoms with Crippen molar-refractivity contribution < 1.29 is 0 Å². The van der Waals surface area contributed by atoms with Gasteiger partial charge in [-0.2, -0.15) is 0 Å². The monoisotopic (exact) mass is 658 g/mol. The van der Waals surface area contributed by atoms with Gasteiger partial charge in [-0.3, -0.25) is 0 Å². The minimum Gasteiger partial charge on any atom is -0.245 e. The number of aromatic nitrogens is 2. The molecule has 9 aromatic carbocycles. The van der Waals surface area contributed by atoms with E-state index in [-0.39, 0.29) is 0 Å². The van der Waals surface area contributed by atoms with Crippen LogP contribution >= 0.6 is 0 Å². The normalized spacial score (nSPS) is 11.8. The number of hydrogen-bond donors (Lipinski definition) is 0. The van der Waals surface area contributed by atoms with E-state index in [4.69, 9.17) is 9.97 Å². The lowest BCUT2D eigenvalue weighted by molar-refractivity contribution is 1.36. The van der Waals surface area contributed by atoms with Gasteiger partial charge in [0.25, 0.3) is 0 Å². The summed E-state index contributed by atoms with van der Waals surface area (Å²) in [5, 5.41) is 12.5. The van der Waals surface area contributed by atoms with Crippen molar-refractivity contribution in [3.63, 3.8) is 0 Å². The van der Waals surface area contributed by atoms with Crippen LogP contribution in [0.2, 0.25) is 0 Å². The molecule has 0 unspecified atom stereocenters. The van der Waals surface area contributed by atoms with Crippen LogP contribution in [0.5, 0.6) is 0 Å². The topological polar surface area (TPSA) is 25.8 Å². The number of pyridine rings is 2. The predicted molar refractivity (Wildman–Crippen MR) is 220 cm³/mol. The maximum atomic E-state index is 5.20. The van der Waals surface area contributed by atoms with E-state index < -0.39 is 0 Å². The third kappa shape index (κ3) is 4.44. The number of nitrogens with zero attached hydrogens (tertiary/aromatic N) is 2. The third-order valence-electron chi connectivity index (χ3n) is 10.8. The van der Waals surface area contributed by atoms with Crippen molar-refractivity contribution in [2.45, 2.75) is 0 Å². The van der Waals surface area contributed by atoms with Crippen LogP contribution in [-0.2, 0) is 0 Å². The van der Waals surface area contributed by atoms with Gasteiger partial charge in [-0.05, 0) is 77.5 Å². The molecule has 52 heavy (non-hydrogen) atoms. The van der Waals surface area contributed by atoms with Crippen LogP contribution < -0.4 is 0 Å². The Morgan fingerprint density at radius 2 is 0.712 bits per heavy atom. The van der Waals surface area contributed by atoms with Crippen LogP contribution in [0.15, 0.2) is 182 Å². The number of hydrogen-bond acceptors (Lipinski definition) is 2. The van der Waals surface area contributed by atoms with Gasteiger partial charge < -0.3 is 0 Å². The van der Waals surface area contributed by atoms with E-state index in [1.807, 2.05) is 6.07 Å². The second-order valence-electron chi connectivity index (χ2n) is 13.7. The Morgan fingerprint density at radius 3 is 1.40 bits per heavy atom. The maximum absolute atomic E-state index is 5.20. The minimum absolute atomic E-state index is 0.922. The SMILES string of the molecule is c1ccc(-c2ccc3ccc4ccc(-c5ccc(-c6ccc(-c7ccc8ccc9cccc%10ccc7c8c9%10)c7ccccc67)cc5)nc4c3n2)cc1. The molecule has 0 aliphatic heterocycles. The van der Waals surface area contributed by atoms with Crippen molar-refractivity contribution in [2.75, 3.05) is 0 Å². The third-order valence-corrected chi connectivity index (χ3v) is 10.8. The molecule has 11 rings (SSSR count). The summed E-state index contributed by atoms with van der Waals surface area (Å²) in [4.78, 5) is 10.3. The molecule has 0 fully saturated rings. The van der Waals surface area contributed by atoms with E-state index >= 15 is 0 Å². The first-order chi connectivity index (χ1) is 25.8.